The maximum atomic E-state index is 12.5. The number of likely N-dealkylation sites (N-methyl/N-ethyl adjacent to an activating group) is 1. The minimum atomic E-state index is -0.360. The lowest BCUT2D eigenvalue weighted by atomic mass is 10.2. The molecule has 0 saturated carbocycles. The Morgan fingerprint density at radius 1 is 1.11 bits per heavy atom. The van der Waals surface area contributed by atoms with Crippen LogP contribution in [0, 0.1) is 0 Å². The van der Waals surface area contributed by atoms with Crippen molar-refractivity contribution in [3.05, 3.63) is 47.5 Å². The second-order valence-corrected chi connectivity index (χ2v) is 8.89. The summed E-state index contributed by atoms with van der Waals surface area (Å²) in [6.07, 6.45) is 0. The molecular weight excluding hydrogens is 392 g/mol. The van der Waals surface area contributed by atoms with Crippen LogP contribution >= 0.6 is 22.7 Å². The van der Waals surface area contributed by atoms with E-state index in [9.17, 15) is 4.79 Å². The molecule has 28 heavy (non-hydrogen) atoms. The van der Waals surface area contributed by atoms with Crippen LogP contribution in [0.5, 0.6) is 5.75 Å². The Kier molecular flexibility index (Phi) is 4.46. The fourth-order valence-corrected chi connectivity index (χ4v) is 5.08. The number of fused-ring (bicyclic) bond motifs is 2. The van der Waals surface area contributed by atoms with Crippen LogP contribution in [0.3, 0.4) is 0 Å². The van der Waals surface area contributed by atoms with Crippen LogP contribution in [0.15, 0.2) is 41.9 Å². The van der Waals surface area contributed by atoms with Crippen LogP contribution < -0.4 is 14.5 Å². The first-order valence-electron chi connectivity index (χ1n) is 9.18. The molecule has 0 bridgehead atoms. The quantitative estimate of drug-likeness (QED) is 0.415. The van der Waals surface area contributed by atoms with Gasteiger partial charge in [0, 0.05) is 6.07 Å². The number of esters is 1. The maximum absolute atomic E-state index is 12.5. The number of ether oxygens (including phenoxy) is 1. The molecule has 1 aliphatic heterocycles. The zero-order valence-electron chi connectivity index (χ0n) is 15.3. The molecule has 5 rings (SSSR count). The number of rotatable bonds is 3. The molecule has 1 saturated heterocycles. The summed E-state index contributed by atoms with van der Waals surface area (Å²) < 4.78 is 7.62. The van der Waals surface area contributed by atoms with Gasteiger partial charge in [0.05, 0.1) is 64.7 Å². The monoisotopic (exact) mass is 411 g/mol. The van der Waals surface area contributed by atoms with Crippen LogP contribution in [-0.4, -0.2) is 49.2 Å². The number of anilines is 1. The number of carbonyl (C=O) groups is 1. The topological polar surface area (TPSA) is 59.8 Å². The summed E-state index contributed by atoms with van der Waals surface area (Å²) in [6.45, 7) is 4.30. The van der Waals surface area contributed by atoms with E-state index in [1.165, 1.54) is 11.3 Å². The van der Waals surface area contributed by atoms with Crippen LogP contribution in [0.25, 0.3) is 20.4 Å². The average molecular weight is 412 g/mol. The van der Waals surface area contributed by atoms with Crippen molar-refractivity contribution in [3.8, 4) is 5.75 Å². The van der Waals surface area contributed by atoms with E-state index in [1.807, 2.05) is 30.3 Å². The second kappa shape index (κ2) is 7.12. The van der Waals surface area contributed by atoms with Gasteiger partial charge in [0.1, 0.15) is 5.75 Å². The number of benzene rings is 2. The van der Waals surface area contributed by atoms with Crippen molar-refractivity contribution in [3.63, 3.8) is 0 Å². The summed E-state index contributed by atoms with van der Waals surface area (Å²) in [5.41, 5.74) is 4.14. The van der Waals surface area contributed by atoms with Crippen molar-refractivity contribution in [2.45, 2.75) is 0 Å². The number of nitrogens with one attached hydrogen (secondary N) is 1. The number of nitrogens with zero attached hydrogens (tertiary/aromatic N) is 3. The van der Waals surface area contributed by atoms with E-state index < -0.39 is 0 Å². The van der Waals surface area contributed by atoms with Crippen molar-refractivity contribution < 1.29 is 14.4 Å². The lowest BCUT2D eigenvalue weighted by Crippen LogP contribution is -3.12. The van der Waals surface area contributed by atoms with E-state index in [4.69, 9.17) is 9.72 Å². The third kappa shape index (κ3) is 3.34. The van der Waals surface area contributed by atoms with Gasteiger partial charge in [-0.25, -0.2) is 14.8 Å². The van der Waals surface area contributed by atoms with Gasteiger partial charge in [0.15, 0.2) is 5.13 Å². The minimum Gasteiger partial charge on any atom is -0.423 e. The Morgan fingerprint density at radius 3 is 2.79 bits per heavy atom. The van der Waals surface area contributed by atoms with Gasteiger partial charge in [-0.15, -0.1) is 11.3 Å². The Balaban J connectivity index is 1.36. The van der Waals surface area contributed by atoms with Crippen molar-refractivity contribution in [1.82, 2.24) is 9.97 Å². The third-order valence-electron chi connectivity index (χ3n) is 5.01. The van der Waals surface area contributed by atoms with Crippen molar-refractivity contribution in [1.29, 1.82) is 0 Å². The van der Waals surface area contributed by atoms with E-state index in [0.717, 1.165) is 51.7 Å². The summed E-state index contributed by atoms with van der Waals surface area (Å²) in [7, 11) is 2.23. The molecule has 1 N–H and O–H groups in total. The molecule has 3 heterocycles. The van der Waals surface area contributed by atoms with Crippen LogP contribution in [0.1, 0.15) is 10.4 Å². The van der Waals surface area contributed by atoms with E-state index in [0.29, 0.717) is 11.3 Å². The van der Waals surface area contributed by atoms with Crippen LogP contribution in [0.2, 0.25) is 0 Å². The maximum Gasteiger partial charge on any atom is 0.343 e. The molecule has 4 aromatic rings. The number of carbonyl (C=O) groups excluding carboxylic acids is 1. The molecule has 1 fully saturated rings. The SMILES string of the molecule is C[NH+]1CCN(c2nc3ccc(OC(=O)c4ccc5ncsc5c4)cc3s2)CC1. The highest BCUT2D eigenvalue weighted by molar-refractivity contribution is 7.22. The normalized spacial score (nSPS) is 15.4. The largest absolute Gasteiger partial charge is 0.423 e. The summed E-state index contributed by atoms with van der Waals surface area (Å²) in [5.74, 6) is 0.182. The van der Waals surface area contributed by atoms with E-state index in [-0.39, 0.29) is 5.97 Å². The fraction of sp³-hybridized carbons (Fsp3) is 0.250. The molecular formula is C20H19N4O2S2+. The van der Waals surface area contributed by atoms with Crippen LogP contribution in [0.4, 0.5) is 5.13 Å². The summed E-state index contributed by atoms with van der Waals surface area (Å²) in [6, 6.07) is 11.1. The standard InChI is InChI=1S/C20H18N4O2S2/c1-23-6-8-24(9-7-23)20-22-16-5-3-14(11-18(16)28-20)26-19(25)13-2-4-15-17(10-13)27-12-21-15/h2-5,10-12H,6-9H2,1H3/p+1. The van der Waals surface area contributed by atoms with Crippen molar-refractivity contribution >= 4 is 54.2 Å². The molecule has 0 aliphatic carbocycles. The molecule has 0 atom stereocenters. The number of aromatic nitrogens is 2. The molecule has 0 radical (unpaired) electrons. The first-order chi connectivity index (χ1) is 13.7. The number of piperazine rings is 1. The molecule has 142 valence electrons. The van der Waals surface area contributed by atoms with Gasteiger partial charge in [-0.05, 0) is 30.3 Å². The van der Waals surface area contributed by atoms with Gasteiger partial charge >= 0.3 is 5.97 Å². The highest BCUT2D eigenvalue weighted by Crippen LogP contribution is 2.32. The molecule has 2 aromatic carbocycles. The molecule has 2 aromatic heterocycles. The Labute approximate surface area is 170 Å². The summed E-state index contributed by atoms with van der Waals surface area (Å²) >= 11 is 3.16. The highest BCUT2D eigenvalue weighted by atomic mass is 32.1. The first-order valence-corrected chi connectivity index (χ1v) is 10.9. The van der Waals surface area contributed by atoms with Gasteiger partial charge in [0.25, 0.3) is 0 Å². The van der Waals surface area contributed by atoms with Gasteiger partial charge in [-0.1, -0.05) is 11.3 Å². The number of hydrogen-bond donors (Lipinski definition) is 1. The van der Waals surface area contributed by atoms with E-state index in [2.05, 4.69) is 16.9 Å². The Hall–Kier alpha value is -2.55. The second-order valence-electron chi connectivity index (χ2n) is 6.99. The summed E-state index contributed by atoms with van der Waals surface area (Å²) in [4.78, 5) is 25.4. The summed E-state index contributed by atoms with van der Waals surface area (Å²) in [5, 5.41) is 1.04. The molecule has 0 amide bonds. The predicted octanol–water partition coefficient (Wildman–Crippen LogP) is 2.46. The first kappa shape index (κ1) is 17.5. The Morgan fingerprint density at radius 2 is 1.93 bits per heavy atom. The van der Waals surface area contributed by atoms with Crippen molar-refractivity contribution in [2.75, 3.05) is 38.1 Å². The lowest BCUT2D eigenvalue weighted by molar-refractivity contribution is -0.880. The lowest BCUT2D eigenvalue weighted by Gasteiger charge is -2.29. The molecule has 8 heteroatoms. The number of thiazole rings is 2. The van der Waals surface area contributed by atoms with Crippen molar-refractivity contribution in [2.24, 2.45) is 0 Å². The smallest absolute Gasteiger partial charge is 0.343 e. The van der Waals surface area contributed by atoms with Gasteiger partial charge < -0.3 is 14.5 Å². The molecule has 0 spiro atoms. The molecule has 0 unspecified atom stereocenters. The molecule has 1 aliphatic rings. The highest BCUT2D eigenvalue weighted by Gasteiger charge is 2.20. The predicted molar refractivity (Wildman–Crippen MR) is 113 cm³/mol. The number of hydrogen-bond acceptors (Lipinski definition) is 7. The van der Waals surface area contributed by atoms with Gasteiger partial charge in [-0.2, -0.15) is 0 Å². The average Bonchev–Trinajstić information content (AvgIpc) is 3.34. The van der Waals surface area contributed by atoms with Gasteiger partial charge in [-0.3, -0.25) is 0 Å². The fourth-order valence-electron chi connectivity index (χ4n) is 3.32. The zero-order chi connectivity index (χ0) is 19.1. The molecule has 6 nitrogen and oxygen atoms in total. The third-order valence-corrected chi connectivity index (χ3v) is 6.88. The number of quaternary nitrogens is 1. The van der Waals surface area contributed by atoms with E-state index >= 15 is 0 Å². The zero-order valence-corrected chi connectivity index (χ0v) is 17.0. The van der Waals surface area contributed by atoms with E-state index in [1.54, 1.807) is 27.8 Å². The Bertz CT molecular complexity index is 1160. The van der Waals surface area contributed by atoms with Crippen LogP contribution in [-0.2, 0) is 0 Å². The minimum absolute atomic E-state index is 0.360. The van der Waals surface area contributed by atoms with Gasteiger partial charge in [0.2, 0.25) is 0 Å².